The van der Waals surface area contributed by atoms with Crippen LogP contribution in [0.25, 0.3) is 0 Å². The van der Waals surface area contributed by atoms with Gasteiger partial charge in [0.25, 0.3) is 0 Å². The van der Waals surface area contributed by atoms with Gasteiger partial charge in [0.15, 0.2) is 0 Å². The molecule has 1 heterocycles. The Kier molecular flexibility index (Phi) is 6.33. The maximum atomic E-state index is 12.0. The van der Waals surface area contributed by atoms with Crippen LogP contribution in [0.2, 0.25) is 0 Å². The SMILES string of the molecule is CN(C)CCn1cc(NC(=O)C(=O)NCC(C2CC2)N(C)C)cn1. The first-order valence-electron chi connectivity index (χ1n) is 8.29. The molecule has 134 valence electrons. The molecule has 1 unspecified atom stereocenters. The summed E-state index contributed by atoms with van der Waals surface area (Å²) in [5.41, 5.74) is 0.528. The Morgan fingerprint density at radius 1 is 1.29 bits per heavy atom. The Balaban J connectivity index is 1.77. The summed E-state index contributed by atoms with van der Waals surface area (Å²) in [7, 11) is 7.97. The van der Waals surface area contributed by atoms with Crippen molar-refractivity contribution in [3.63, 3.8) is 0 Å². The molecule has 1 atom stereocenters. The van der Waals surface area contributed by atoms with Crippen molar-refractivity contribution in [1.29, 1.82) is 0 Å². The smallest absolute Gasteiger partial charge is 0.313 e. The monoisotopic (exact) mass is 336 g/mol. The van der Waals surface area contributed by atoms with Gasteiger partial charge in [-0.15, -0.1) is 0 Å². The Morgan fingerprint density at radius 2 is 2.00 bits per heavy atom. The summed E-state index contributed by atoms with van der Waals surface area (Å²) in [5.74, 6) is -0.641. The van der Waals surface area contributed by atoms with E-state index >= 15 is 0 Å². The van der Waals surface area contributed by atoms with Crippen LogP contribution in [0, 0.1) is 5.92 Å². The van der Waals surface area contributed by atoms with Gasteiger partial charge in [-0.2, -0.15) is 5.10 Å². The number of rotatable bonds is 8. The van der Waals surface area contributed by atoms with Gasteiger partial charge in [-0.1, -0.05) is 0 Å². The fraction of sp³-hybridized carbons (Fsp3) is 0.688. The van der Waals surface area contributed by atoms with Crippen molar-refractivity contribution in [2.45, 2.75) is 25.4 Å². The van der Waals surface area contributed by atoms with Crippen LogP contribution in [0.1, 0.15) is 12.8 Å². The molecule has 0 radical (unpaired) electrons. The van der Waals surface area contributed by atoms with Gasteiger partial charge in [-0.05, 0) is 47.0 Å². The predicted octanol–water partition coefficient (Wildman–Crippen LogP) is -0.160. The number of hydrogen-bond acceptors (Lipinski definition) is 5. The zero-order valence-corrected chi connectivity index (χ0v) is 15.0. The largest absolute Gasteiger partial charge is 0.346 e. The van der Waals surface area contributed by atoms with Gasteiger partial charge in [0.2, 0.25) is 0 Å². The average Bonchev–Trinajstić information content (AvgIpc) is 3.24. The van der Waals surface area contributed by atoms with Crippen LogP contribution >= 0.6 is 0 Å². The summed E-state index contributed by atoms with van der Waals surface area (Å²) < 4.78 is 1.74. The Hall–Kier alpha value is -1.93. The molecule has 0 bridgehead atoms. The van der Waals surface area contributed by atoms with E-state index in [0.717, 1.165) is 13.1 Å². The molecule has 0 spiro atoms. The maximum Gasteiger partial charge on any atom is 0.313 e. The number of amides is 2. The number of nitrogens with one attached hydrogen (secondary N) is 2. The summed E-state index contributed by atoms with van der Waals surface area (Å²) >= 11 is 0. The van der Waals surface area contributed by atoms with Crippen LogP contribution in [0.5, 0.6) is 0 Å². The third-order valence-electron chi connectivity index (χ3n) is 4.17. The maximum absolute atomic E-state index is 12.0. The summed E-state index contributed by atoms with van der Waals surface area (Å²) in [6.45, 7) is 2.07. The molecule has 2 N–H and O–H groups in total. The molecular weight excluding hydrogens is 308 g/mol. The van der Waals surface area contributed by atoms with Crippen molar-refractivity contribution in [2.24, 2.45) is 5.92 Å². The number of aromatic nitrogens is 2. The van der Waals surface area contributed by atoms with E-state index in [0.29, 0.717) is 18.2 Å². The molecule has 1 aromatic rings. The second-order valence-corrected chi connectivity index (χ2v) is 6.83. The summed E-state index contributed by atoms with van der Waals surface area (Å²) in [6.07, 6.45) is 5.66. The molecule has 8 heteroatoms. The van der Waals surface area contributed by atoms with Crippen molar-refractivity contribution in [1.82, 2.24) is 24.9 Å². The molecule has 2 rings (SSSR count). The molecular formula is C16H28N6O2. The van der Waals surface area contributed by atoms with Crippen LogP contribution in [0.15, 0.2) is 12.4 Å². The molecule has 1 saturated carbocycles. The number of likely N-dealkylation sites (N-methyl/N-ethyl adjacent to an activating group) is 2. The first-order chi connectivity index (χ1) is 11.4. The lowest BCUT2D eigenvalue weighted by Gasteiger charge is -2.24. The minimum Gasteiger partial charge on any atom is -0.346 e. The first kappa shape index (κ1) is 18.4. The molecule has 1 aromatic heterocycles. The van der Waals surface area contributed by atoms with Crippen molar-refractivity contribution in [3.05, 3.63) is 12.4 Å². The fourth-order valence-corrected chi connectivity index (χ4v) is 2.57. The number of nitrogens with zero attached hydrogens (tertiary/aromatic N) is 4. The highest BCUT2D eigenvalue weighted by atomic mass is 16.2. The van der Waals surface area contributed by atoms with Gasteiger partial charge in [0, 0.05) is 25.3 Å². The number of carbonyl (C=O) groups excluding carboxylic acids is 2. The van der Waals surface area contributed by atoms with E-state index in [2.05, 4.69) is 25.5 Å². The molecule has 0 aliphatic heterocycles. The lowest BCUT2D eigenvalue weighted by molar-refractivity contribution is -0.136. The zero-order chi connectivity index (χ0) is 17.7. The standard InChI is InChI=1S/C16H28N6O2/c1-20(2)7-8-22-11-13(9-18-22)19-16(24)15(23)17-10-14(21(3)4)12-5-6-12/h9,11-12,14H,5-8,10H2,1-4H3,(H,17,23)(H,19,24). The van der Waals surface area contributed by atoms with Crippen molar-refractivity contribution < 1.29 is 9.59 Å². The van der Waals surface area contributed by atoms with Gasteiger partial charge < -0.3 is 20.4 Å². The Bertz CT molecular complexity index is 563. The third-order valence-corrected chi connectivity index (χ3v) is 4.17. The Labute approximate surface area is 143 Å². The second kappa shape index (κ2) is 8.25. The van der Waals surface area contributed by atoms with E-state index in [1.807, 2.05) is 28.2 Å². The minimum absolute atomic E-state index is 0.288. The van der Waals surface area contributed by atoms with Crippen molar-refractivity contribution in [2.75, 3.05) is 46.6 Å². The van der Waals surface area contributed by atoms with Gasteiger partial charge >= 0.3 is 11.8 Å². The quantitative estimate of drug-likeness (QED) is 0.645. The number of hydrogen-bond donors (Lipinski definition) is 2. The van der Waals surface area contributed by atoms with Crippen LogP contribution in [0.3, 0.4) is 0 Å². The molecule has 0 saturated heterocycles. The highest BCUT2D eigenvalue weighted by Crippen LogP contribution is 2.34. The zero-order valence-electron chi connectivity index (χ0n) is 15.0. The summed E-state index contributed by atoms with van der Waals surface area (Å²) in [4.78, 5) is 28.1. The second-order valence-electron chi connectivity index (χ2n) is 6.83. The van der Waals surface area contributed by atoms with E-state index in [1.54, 1.807) is 17.1 Å². The van der Waals surface area contributed by atoms with Gasteiger partial charge in [0.1, 0.15) is 0 Å². The molecule has 1 fully saturated rings. The molecule has 0 aromatic carbocycles. The van der Waals surface area contributed by atoms with Crippen LogP contribution in [-0.4, -0.2) is 78.7 Å². The lowest BCUT2D eigenvalue weighted by atomic mass is 10.1. The lowest BCUT2D eigenvalue weighted by Crippen LogP contribution is -2.44. The number of anilines is 1. The fourth-order valence-electron chi connectivity index (χ4n) is 2.57. The average molecular weight is 336 g/mol. The van der Waals surface area contributed by atoms with Crippen molar-refractivity contribution >= 4 is 17.5 Å². The van der Waals surface area contributed by atoms with E-state index < -0.39 is 11.8 Å². The first-order valence-corrected chi connectivity index (χ1v) is 8.29. The molecule has 2 amide bonds. The number of carbonyl (C=O) groups is 2. The molecule has 8 nitrogen and oxygen atoms in total. The molecule has 1 aliphatic carbocycles. The third kappa shape index (κ3) is 5.61. The van der Waals surface area contributed by atoms with E-state index in [1.165, 1.54) is 12.8 Å². The van der Waals surface area contributed by atoms with Crippen LogP contribution in [-0.2, 0) is 16.1 Å². The topological polar surface area (TPSA) is 82.5 Å². The molecule has 24 heavy (non-hydrogen) atoms. The van der Waals surface area contributed by atoms with E-state index in [-0.39, 0.29) is 6.04 Å². The minimum atomic E-state index is -0.657. The van der Waals surface area contributed by atoms with Gasteiger partial charge in [-0.25, -0.2) is 0 Å². The summed E-state index contributed by atoms with van der Waals surface area (Å²) in [5, 5.41) is 9.48. The molecule has 1 aliphatic rings. The van der Waals surface area contributed by atoms with Gasteiger partial charge in [0.05, 0.1) is 18.4 Å². The van der Waals surface area contributed by atoms with Crippen LogP contribution < -0.4 is 10.6 Å². The summed E-state index contributed by atoms with van der Waals surface area (Å²) in [6, 6.07) is 0.288. The van der Waals surface area contributed by atoms with Crippen LogP contribution in [0.4, 0.5) is 5.69 Å². The highest BCUT2D eigenvalue weighted by molar-refractivity contribution is 6.39. The predicted molar refractivity (Wildman–Crippen MR) is 92.6 cm³/mol. The Morgan fingerprint density at radius 3 is 2.58 bits per heavy atom. The normalized spacial score (nSPS) is 15.6. The van der Waals surface area contributed by atoms with Crippen molar-refractivity contribution in [3.8, 4) is 0 Å². The van der Waals surface area contributed by atoms with E-state index in [9.17, 15) is 9.59 Å². The van der Waals surface area contributed by atoms with Gasteiger partial charge in [-0.3, -0.25) is 14.3 Å². The van der Waals surface area contributed by atoms with E-state index in [4.69, 9.17) is 0 Å². The highest BCUT2D eigenvalue weighted by Gasteiger charge is 2.33.